The van der Waals surface area contributed by atoms with Crippen LogP contribution in [0.15, 0.2) is 18.2 Å². The van der Waals surface area contributed by atoms with Crippen molar-refractivity contribution in [2.45, 2.75) is 58.2 Å². The van der Waals surface area contributed by atoms with Gasteiger partial charge in [-0.15, -0.1) is 11.3 Å². The predicted molar refractivity (Wildman–Crippen MR) is 95.2 cm³/mol. The molecule has 0 radical (unpaired) electrons. The molecule has 0 N–H and O–H groups in total. The number of carbonyl (C=O) groups excluding carboxylic acids is 1. The van der Waals surface area contributed by atoms with Gasteiger partial charge in [-0.25, -0.2) is 4.98 Å². The van der Waals surface area contributed by atoms with Crippen molar-refractivity contribution >= 4 is 33.1 Å². The summed E-state index contributed by atoms with van der Waals surface area (Å²) in [7, 11) is 1.83. The van der Waals surface area contributed by atoms with Crippen molar-refractivity contribution in [2.24, 2.45) is 0 Å². The molecule has 1 amide bonds. The molecule has 0 saturated heterocycles. The Balaban J connectivity index is 1.75. The van der Waals surface area contributed by atoms with Crippen LogP contribution in [0.1, 0.15) is 44.0 Å². The Morgan fingerprint density at radius 2 is 2.17 bits per heavy atom. The lowest BCUT2D eigenvalue weighted by atomic mass is 10.2. The lowest BCUT2D eigenvalue weighted by molar-refractivity contribution is -0.133. The van der Waals surface area contributed by atoms with E-state index in [2.05, 4.69) is 4.98 Å². The highest BCUT2D eigenvalue weighted by atomic mass is 32.1. The summed E-state index contributed by atoms with van der Waals surface area (Å²) in [5.74, 6) is 0.0417. The van der Waals surface area contributed by atoms with Crippen molar-refractivity contribution in [2.75, 3.05) is 11.9 Å². The first kappa shape index (κ1) is 16.4. The molecule has 1 aromatic heterocycles. The number of amides is 1. The Hall–Kier alpha value is -1.46. The monoisotopic (exact) mass is 332 g/mol. The van der Waals surface area contributed by atoms with E-state index in [9.17, 15) is 4.79 Å². The average molecular weight is 332 g/mol. The molecule has 1 atom stereocenters. The van der Waals surface area contributed by atoms with E-state index in [4.69, 9.17) is 4.74 Å². The van der Waals surface area contributed by atoms with Crippen molar-refractivity contribution < 1.29 is 9.53 Å². The van der Waals surface area contributed by atoms with Crippen molar-refractivity contribution in [3.63, 3.8) is 0 Å². The van der Waals surface area contributed by atoms with Gasteiger partial charge in [0.05, 0.1) is 21.3 Å². The number of aromatic nitrogens is 1. The quantitative estimate of drug-likeness (QED) is 0.819. The van der Waals surface area contributed by atoms with Crippen LogP contribution in [0.3, 0.4) is 0 Å². The van der Waals surface area contributed by atoms with Gasteiger partial charge in [-0.3, -0.25) is 4.79 Å². The van der Waals surface area contributed by atoms with Crippen LogP contribution in [0, 0.1) is 6.92 Å². The summed E-state index contributed by atoms with van der Waals surface area (Å²) in [6.45, 7) is 4.02. The fourth-order valence-electron chi connectivity index (χ4n) is 3.17. The molecule has 0 spiro atoms. The molecule has 0 aliphatic heterocycles. The van der Waals surface area contributed by atoms with Crippen LogP contribution in [0.4, 0.5) is 5.69 Å². The molecular weight excluding hydrogens is 308 g/mol. The third kappa shape index (κ3) is 3.56. The number of anilines is 1. The summed E-state index contributed by atoms with van der Waals surface area (Å²) in [6.07, 6.45) is 5.21. The molecular formula is C18H24N2O2S. The minimum absolute atomic E-state index is 0.0417. The molecule has 2 aromatic rings. The summed E-state index contributed by atoms with van der Waals surface area (Å²) in [5, 5.41) is 1.04. The molecule has 4 nitrogen and oxygen atoms in total. The van der Waals surface area contributed by atoms with Gasteiger partial charge >= 0.3 is 0 Å². The van der Waals surface area contributed by atoms with Gasteiger partial charge < -0.3 is 9.64 Å². The van der Waals surface area contributed by atoms with Crippen LogP contribution >= 0.6 is 11.3 Å². The normalized spacial score (nSPS) is 16.8. The van der Waals surface area contributed by atoms with Gasteiger partial charge in [0.25, 0.3) is 5.91 Å². The van der Waals surface area contributed by atoms with Crippen LogP contribution in [0.25, 0.3) is 10.2 Å². The molecule has 5 heteroatoms. The molecule has 1 aromatic carbocycles. The van der Waals surface area contributed by atoms with Crippen LogP contribution < -0.4 is 4.90 Å². The number of benzene rings is 1. The Kier molecular flexibility index (Phi) is 4.97. The van der Waals surface area contributed by atoms with Gasteiger partial charge in [-0.05, 0) is 44.4 Å². The maximum absolute atomic E-state index is 12.8. The topological polar surface area (TPSA) is 42.4 Å². The number of nitrogens with zero attached hydrogens (tertiary/aromatic N) is 2. The van der Waals surface area contributed by atoms with Gasteiger partial charge in [-0.2, -0.15) is 0 Å². The van der Waals surface area contributed by atoms with E-state index >= 15 is 0 Å². The van der Waals surface area contributed by atoms with Crippen molar-refractivity contribution in [1.82, 2.24) is 4.98 Å². The SMILES string of the molecule is CCC(OC1CCCC1)C(=O)N(C)c1ccc2nc(C)sc2c1. The van der Waals surface area contributed by atoms with E-state index in [0.717, 1.165) is 33.8 Å². The highest BCUT2D eigenvalue weighted by Gasteiger charge is 2.27. The van der Waals surface area contributed by atoms with Crippen LogP contribution in [-0.2, 0) is 9.53 Å². The minimum atomic E-state index is -0.345. The zero-order valence-corrected chi connectivity index (χ0v) is 14.9. The Morgan fingerprint density at radius 1 is 1.43 bits per heavy atom. The lowest BCUT2D eigenvalue weighted by Gasteiger charge is -2.25. The Morgan fingerprint density at radius 3 is 2.87 bits per heavy atom. The average Bonchev–Trinajstić information content (AvgIpc) is 3.18. The third-order valence-corrected chi connectivity index (χ3v) is 5.44. The van der Waals surface area contributed by atoms with Gasteiger partial charge in [0.2, 0.25) is 0 Å². The van der Waals surface area contributed by atoms with Crippen molar-refractivity contribution in [3.05, 3.63) is 23.2 Å². The number of likely N-dealkylation sites (N-methyl/N-ethyl adjacent to an activating group) is 1. The maximum atomic E-state index is 12.8. The summed E-state index contributed by atoms with van der Waals surface area (Å²) < 4.78 is 7.17. The second-order valence-electron chi connectivity index (χ2n) is 6.22. The molecule has 1 saturated carbocycles. The first-order valence-electron chi connectivity index (χ1n) is 8.38. The first-order valence-corrected chi connectivity index (χ1v) is 9.20. The number of fused-ring (bicyclic) bond motifs is 1. The number of ether oxygens (including phenoxy) is 1. The zero-order chi connectivity index (χ0) is 16.4. The molecule has 23 heavy (non-hydrogen) atoms. The van der Waals surface area contributed by atoms with Gasteiger partial charge in [0.15, 0.2) is 0 Å². The molecule has 124 valence electrons. The molecule has 3 rings (SSSR count). The van der Waals surface area contributed by atoms with Crippen molar-refractivity contribution in [3.8, 4) is 0 Å². The molecule has 1 unspecified atom stereocenters. The fraction of sp³-hybridized carbons (Fsp3) is 0.556. The summed E-state index contributed by atoms with van der Waals surface area (Å²) in [6, 6.07) is 5.98. The number of hydrogen-bond acceptors (Lipinski definition) is 4. The maximum Gasteiger partial charge on any atom is 0.255 e. The highest BCUT2D eigenvalue weighted by molar-refractivity contribution is 7.18. The molecule has 1 fully saturated rings. The Labute approximate surface area is 141 Å². The van der Waals surface area contributed by atoms with Gasteiger partial charge in [-0.1, -0.05) is 19.8 Å². The van der Waals surface area contributed by atoms with E-state index in [1.165, 1.54) is 12.8 Å². The van der Waals surface area contributed by atoms with E-state index in [1.807, 2.05) is 39.1 Å². The number of rotatable bonds is 5. The Bertz CT molecular complexity index is 691. The number of aryl methyl sites for hydroxylation is 1. The van der Waals surface area contributed by atoms with Crippen molar-refractivity contribution in [1.29, 1.82) is 0 Å². The summed E-state index contributed by atoms with van der Waals surface area (Å²) in [5.41, 5.74) is 1.89. The second kappa shape index (κ2) is 6.97. The van der Waals surface area contributed by atoms with Crippen LogP contribution in [0.2, 0.25) is 0 Å². The first-order chi connectivity index (χ1) is 11.1. The van der Waals surface area contributed by atoms with Gasteiger partial charge in [0, 0.05) is 12.7 Å². The van der Waals surface area contributed by atoms with Crippen LogP contribution in [0.5, 0.6) is 0 Å². The minimum Gasteiger partial charge on any atom is -0.365 e. The lowest BCUT2D eigenvalue weighted by Crippen LogP contribution is -2.39. The third-order valence-electron chi connectivity index (χ3n) is 4.50. The zero-order valence-electron chi connectivity index (χ0n) is 14.0. The summed E-state index contributed by atoms with van der Waals surface area (Å²) >= 11 is 1.66. The highest BCUT2D eigenvalue weighted by Crippen LogP contribution is 2.28. The number of hydrogen-bond donors (Lipinski definition) is 0. The molecule has 0 bridgehead atoms. The fourth-order valence-corrected chi connectivity index (χ4v) is 4.03. The predicted octanol–water partition coefficient (Wildman–Crippen LogP) is 4.31. The number of carbonyl (C=O) groups is 1. The van der Waals surface area contributed by atoms with E-state index in [1.54, 1.807) is 16.2 Å². The van der Waals surface area contributed by atoms with E-state index in [-0.39, 0.29) is 18.1 Å². The molecule has 1 aliphatic rings. The van der Waals surface area contributed by atoms with E-state index < -0.39 is 0 Å². The smallest absolute Gasteiger partial charge is 0.255 e. The van der Waals surface area contributed by atoms with Crippen LogP contribution in [-0.4, -0.2) is 30.1 Å². The summed E-state index contributed by atoms with van der Waals surface area (Å²) in [4.78, 5) is 19.0. The van der Waals surface area contributed by atoms with Gasteiger partial charge in [0.1, 0.15) is 6.10 Å². The standard InChI is InChI=1S/C18H24N2O2S/c1-4-16(22-14-7-5-6-8-14)18(21)20(3)13-9-10-15-17(11-13)23-12(2)19-15/h9-11,14,16H,4-8H2,1-3H3. The van der Waals surface area contributed by atoms with E-state index in [0.29, 0.717) is 6.42 Å². The molecule has 1 aliphatic carbocycles. The number of thiazole rings is 1. The largest absolute Gasteiger partial charge is 0.365 e. The second-order valence-corrected chi connectivity index (χ2v) is 7.46. The molecule has 1 heterocycles.